The van der Waals surface area contributed by atoms with Crippen LogP contribution in [0.3, 0.4) is 0 Å². The quantitative estimate of drug-likeness (QED) is 0.295. The van der Waals surface area contributed by atoms with Crippen LogP contribution in [-0.4, -0.2) is 64.6 Å². The number of amides is 2. The Bertz CT molecular complexity index is 498. The highest BCUT2D eigenvalue weighted by atomic mass is 19.1. The van der Waals surface area contributed by atoms with Crippen molar-refractivity contribution in [3.63, 3.8) is 0 Å². The summed E-state index contributed by atoms with van der Waals surface area (Å²) in [6, 6.07) is -0.706. The maximum Gasteiger partial charge on any atom is 0.325 e. The molecule has 2 aliphatic heterocycles. The van der Waals surface area contributed by atoms with E-state index in [1.807, 2.05) is 0 Å². The number of nitrogens with zero attached hydrogens (tertiary/aromatic N) is 4. The molecule has 1 unspecified atom stereocenters. The number of carbonyl (C=O) groups is 1. The molecule has 0 bridgehead atoms. The van der Waals surface area contributed by atoms with E-state index in [2.05, 4.69) is 15.3 Å². The van der Waals surface area contributed by atoms with E-state index in [-0.39, 0.29) is 0 Å². The second-order valence-electron chi connectivity index (χ2n) is 4.73. The maximum absolute atomic E-state index is 14.2. The van der Waals surface area contributed by atoms with Crippen LogP contribution in [0.1, 0.15) is 0 Å². The molecule has 0 aromatic heterocycles. The normalized spacial score (nSPS) is 39.0. The summed E-state index contributed by atoms with van der Waals surface area (Å²) >= 11 is 0. The van der Waals surface area contributed by atoms with Gasteiger partial charge >= 0.3 is 6.03 Å². The number of carbonyl (C=O) groups excluding carboxylic acids is 1. The largest absolute Gasteiger partial charge is 0.393 e. The highest BCUT2D eigenvalue weighted by Crippen LogP contribution is 2.35. The molecule has 1 saturated heterocycles. The molecule has 2 rings (SSSR count). The van der Waals surface area contributed by atoms with Crippen LogP contribution in [0.2, 0.25) is 0 Å². The van der Waals surface area contributed by atoms with Crippen molar-refractivity contribution in [1.29, 1.82) is 0 Å². The Hall–Kier alpha value is -1.91. The van der Waals surface area contributed by atoms with Crippen molar-refractivity contribution >= 4 is 6.03 Å². The number of aliphatic hydroxyl groups excluding tert-OH is 2. The molecule has 0 aliphatic carbocycles. The number of aliphatic hydroxyl groups is 2. The summed E-state index contributed by atoms with van der Waals surface area (Å²) in [6.07, 6.45) is -3.29. The minimum Gasteiger partial charge on any atom is -0.393 e. The Morgan fingerprint density at radius 3 is 3.00 bits per heavy atom. The van der Waals surface area contributed by atoms with Gasteiger partial charge in [0, 0.05) is 11.1 Å². The fourth-order valence-electron chi connectivity index (χ4n) is 2.21. The summed E-state index contributed by atoms with van der Waals surface area (Å²) in [7, 11) is 0. The van der Waals surface area contributed by atoms with E-state index in [0.717, 1.165) is 4.90 Å². The molecule has 0 saturated carbocycles. The Balaban J connectivity index is 2.25. The molecule has 11 heteroatoms. The lowest BCUT2D eigenvalue weighted by Crippen LogP contribution is -2.54. The Kier molecular flexibility index (Phi) is 4.30. The molecular weight excluding hydrogens is 287 g/mol. The van der Waals surface area contributed by atoms with Gasteiger partial charge in [0.05, 0.1) is 19.3 Å². The molecule has 0 spiro atoms. The predicted molar refractivity (Wildman–Crippen MR) is 67.1 cm³/mol. The molecule has 2 aliphatic rings. The summed E-state index contributed by atoms with van der Waals surface area (Å²) in [5.41, 5.74) is 12.0. The van der Waals surface area contributed by atoms with Gasteiger partial charge in [0.25, 0.3) is 0 Å². The van der Waals surface area contributed by atoms with Crippen molar-refractivity contribution in [1.82, 2.24) is 10.2 Å². The number of hydrogen-bond acceptors (Lipinski definition) is 6. The first-order chi connectivity index (χ1) is 9.95. The summed E-state index contributed by atoms with van der Waals surface area (Å²) in [6.45, 7) is -1.25. The van der Waals surface area contributed by atoms with Crippen molar-refractivity contribution in [3.05, 3.63) is 22.7 Å². The van der Waals surface area contributed by atoms with Crippen LogP contribution in [0, 0.1) is 0 Å². The van der Waals surface area contributed by atoms with E-state index in [4.69, 9.17) is 16.0 Å². The van der Waals surface area contributed by atoms with E-state index < -0.39 is 49.5 Å². The second kappa shape index (κ2) is 5.84. The number of urea groups is 1. The second-order valence-corrected chi connectivity index (χ2v) is 4.73. The van der Waals surface area contributed by atoms with Crippen LogP contribution in [0.15, 0.2) is 17.4 Å². The van der Waals surface area contributed by atoms with Crippen molar-refractivity contribution in [2.24, 2.45) is 10.8 Å². The van der Waals surface area contributed by atoms with Crippen molar-refractivity contribution in [2.45, 2.75) is 30.3 Å². The molecule has 0 radical (unpaired) electrons. The first-order valence-electron chi connectivity index (χ1n) is 6.09. The lowest BCUT2D eigenvalue weighted by atomic mass is 9.97. The number of alkyl halides is 1. The molecule has 1 fully saturated rings. The third-order valence-corrected chi connectivity index (χ3v) is 3.39. The summed E-state index contributed by atoms with van der Waals surface area (Å²) in [4.78, 5) is 15.1. The molecule has 2 amide bonds. The first kappa shape index (κ1) is 15.5. The zero-order valence-electron chi connectivity index (χ0n) is 10.8. The molecule has 10 nitrogen and oxygen atoms in total. The zero-order valence-corrected chi connectivity index (χ0v) is 10.8. The number of azide groups is 1. The van der Waals surface area contributed by atoms with Crippen LogP contribution in [0.25, 0.3) is 10.4 Å². The van der Waals surface area contributed by atoms with Gasteiger partial charge in [-0.25, -0.2) is 9.18 Å². The summed E-state index contributed by atoms with van der Waals surface area (Å²) in [5.74, 6) is 0. The fraction of sp³-hybridized carbons (Fsp3) is 0.700. The third kappa shape index (κ3) is 2.64. The van der Waals surface area contributed by atoms with Crippen LogP contribution in [0.4, 0.5) is 9.18 Å². The monoisotopic (exact) mass is 302 g/mol. The topological polar surface area (TPSA) is 157 Å². The predicted octanol–water partition coefficient (Wildman–Crippen LogP) is -1.09. The number of rotatable bonds is 4. The first-order valence-corrected chi connectivity index (χ1v) is 6.09. The third-order valence-electron chi connectivity index (χ3n) is 3.39. The molecular formula is C10H15FN6O4. The van der Waals surface area contributed by atoms with Gasteiger partial charge in [-0.05, 0) is 11.6 Å². The highest BCUT2D eigenvalue weighted by Gasteiger charge is 2.57. The standard InChI is InChI=1S/C10H15FN6O4/c11-6-7(19)10(4-18,3-14-16-13)21-8(6)17-2-1-5(12)15-9(17)20/h1-2,5-8,18-19H,3-4,12H2,(H,15,20)/t5?,6-,7+,8-,10-/m1/s1. The van der Waals surface area contributed by atoms with E-state index >= 15 is 0 Å². The lowest BCUT2D eigenvalue weighted by molar-refractivity contribution is -0.126. The van der Waals surface area contributed by atoms with Crippen molar-refractivity contribution in [2.75, 3.05) is 13.2 Å². The summed E-state index contributed by atoms with van der Waals surface area (Å²) in [5, 5.41) is 24.8. The highest BCUT2D eigenvalue weighted by molar-refractivity contribution is 5.77. The number of nitrogens with two attached hydrogens (primary N) is 1. The van der Waals surface area contributed by atoms with Crippen LogP contribution in [-0.2, 0) is 4.74 Å². The van der Waals surface area contributed by atoms with Gasteiger partial charge in [-0.15, -0.1) is 0 Å². The molecule has 21 heavy (non-hydrogen) atoms. The van der Waals surface area contributed by atoms with Gasteiger partial charge in [0.2, 0.25) is 0 Å². The Morgan fingerprint density at radius 1 is 1.71 bits per heavy atom. The molecule has 5 N–H and O–H groups in total. The molecule has 0 aromatic carbocycles. The van der Waals surface area contributed by atoms with E-state index in [1.165, 1.54) is 12.3 Å². The van der Waals surface area contributed by atoms with Crippen LogP contribution >= 0.6 is 0 Å². The van der Waals surface area contributed by atoms with Gasteiger partial charge in [0.1, 0.15) is 11.7 Å². The van der Waals surface area contributed by atoms with E-state index in [0.29, 0.717) is 0 Å². The van der Waals surface area contributed by atoms with Gasteiger partial charge in [0.15, 0.2) is 12.4 Å². The molecule has 0 aromatic rings. The molecule has 116 valence electrons. The molecule has 2 heterocycles. The van der Waals surface area contributed by atoms with Gasteiger partial charge in [-0.2, -0.15) is 0 Å². The lowest BCUT2D eigenvalue weighted by Gasteiger charge is -2.32. The Morgan fingerprint density at radius 2 is 2.43 bits per heavy atom. The number of ether oxygens (including phenoxy) is 1. The zero-order chi connectivity index (χ0) is 15.6. The summed E-state index contributed by atoms with van der Waals surface area (Å²) < 4.78 is 19.5. The van der Waals surface area contributed by atoms with Gasteiger partial charge < -0.3 is 26.0 Å². The van der Waals surface area contributed by atoms with Crippen molar-refractivity contribution in [3.8, 4) is 0 Å². The van der Waals surface area contributed by atoms with Gasteiger partial charge in [-0.1, -0.05) is 5.11 Å². The maximum atomic E-state index is 14.2. The number of hydrogen-bond donors (Lipinski definition) is 4. The fourth-order valence-corrected chi connectivity index (χ4v) is 2.21. The molecule has 5 atom stereocenters. The van der Waals surface area contributed by atoms with E-state index in [1.54, 1.807) is 0 Å². The minimum absolute atomic E-state index is 0.475. The van der Waals surface area contributed by atoms with Crippen molar-refractivity contribution < 1.29 is 24.1 Å². The van der Waals surface area contributed by atoms with E-state index in [9.17, 15) is 19.4 Å². The Labute approximate surface area is 118 Å². The van der Waals surface area contributed by atoms with Crippen LogP contribution < -0.4 is 11.1 Å². The van der Waals surface area contributed by atoms with Crippen LogP contribution in [0.5, 0.6) is 0 Å². The van der Waals surface area contributed by atoms with Gasteiger partial charge in [-0.3, -0.25) is 4.90 Å². The average molecular weight is 302 g/mol. The number of halogens is 1. The average Bonchev–Trinajstić information content (AvgIpc) is 2.71. The minimum atomic E-state index is -1.99. The number of nitrogens with one attached hydrogen (secondary N) is 1. The SMILES string of the molecule is [N-]=[N+]=NC[C@]1(CO)O[C@@H](N2C=CC(N)NC2=O)[C@H](F)[C@@H]1O. The smallest absolute Gasteiger partial charge is 0.325 e.